The molecule has 0 amide bonds. The third-order valence-electron chi connectivity index (χ3n) is 3.79. The third-order valence-corrected chi connectivity index (χ3v) is 4.58. The van der Waals surface area contributed by atoms with Crippen LogP contribution in [0, 0.1) is 13.1 Å². The van der Waals surface area contributed by atoms with Crippen molar-refractivity contribution in [1.29, 1.82) is 0 Å². The number of rotatable bonds is 6. The van der Waals surface area contributed by atoms with Crippen molar-refractivity contribution in [2.45, 2.75) is 20.3 Å². The summed E-state index contributed by atoms with van der Waals surface area (Å²) in [7, 11) is -4.23. The van der Waals surface area contributed by atoms with Crippen LogP contribution in [0.5, 0.6) is 5.75 Å². The molecule has 2 rings (SSSR count). The predicted octanol–water partition coefficient (Wildman–Crippen LogP) is 0.682. The van der Waals surface area contributed by atoms with Gasteiger partial charge in [0.15, 0.2) is 0 Å². The summed E-state index contributed by atoms with van der Waals surface area (Å²) >= 11 is 0. The fourth-order valence-electron chi connectivity index (χ4n) is 2.73. The van der Waals surface area contributed by atoms with Gasteiger partial charge in [0.1, 0.15) is 18.9 Å². The van der Waals surface area contributed by atoms with Gasteiger partial charge in [0.05, 0.1) is 22.3 Å². The number of hydrogen-bond acceptors (Lipinski definition) is 5. The van der Waals surface area contributed by atoms with Crippen molar-refractivity contribution in [1.82, 2.24) is 0 Å². The molecule has 0 bridgehead atoms. The molecule has 0 unspecified atom stereocenters. The Morgan fingerprint density at radius 3 is 2.32 bits per heavy atom. The van der Waals surface area contributed by atoms with Gasteiger partial charge in [0, 0.05) is 28.9 Å². The zero-order valence-corrected chi connectivity index (χ0v) is 18.8. The third kappa shape index (κ3) is 6.52. The molecular formula is C19H18N3NaO4S. The second kappa shape index (κ2) is 10.5. The van der Waals surface area contributed by atoms with Crippen LogP contribution in [0.2, 0.25) is 0 Å². The maximum Gasteiger partial charge on any atom is 1.00 e. The summed E-state index contributed by atoms with van der Waals surface area (Å²) in [5.74, 6) is 0.127. The van der Waals surface area contributed by atoms with Gasteiger partial charge in [0.25, 0.3) is 0 Å². The average molecular weight is 407 g/mol. The Balaban J connectivity index is 0.00000392. The van der Waals surface area contributed by atoms with Gasteiger partial charge in [-0.25, -0.2) is 8.42 Å². The van der Waals surface area contributed by atoms with Gasteiger partial charge >= 0.3 is 35.4 Å². The summed E-state index contributed by atoms with van der Waals surface area (Å²) in [5.41, 5.74) is 3.11. The molecule has 0 saturated heterocycles. The molecule has 0 fully saturated rings. The second-order valence-corrected chi connectivity index (χ2v) is 7.39. The van der Waals surface area contributed by atoms with Gasteiger partial charge in [-0.05, 0) is 44.6 Å². The topological polar surface area (TPSA) is 78.4 Å². The van der Waals surface area contributed by atoms with E-state index in [1.807, 2.05) is 30.9 Å². The summed E-state index contributed by atoms with van der Waals surface area (Å²) in [4.78, 5) is 8.47. The molecule has 0 atom stereocenters. The van der Waals surface area contributed by atoms with E-state index < -0.39 is 15.9 Å². The van der Waals surface area contributed by atoms with Crippen LogP contribution in [-0.4, -0.2) is 25.3 Å². The molecule has 0 spiro atoms. The smallest absolute Gasteiger partial charge is 0.748 e. The summed E-state index contributed by atoms with van der Waals surface area (Å²) < 4.78 is 37.4. The van der Waals surface area contributed by atoms with Gasteiger partial charge in [0.2, 0.25) is 0 Å². The number of hydrogen-bond donors (Lipinski definition) is 0. The first kappa shape index (κ1) is 24.0. The molecule has 140 valence electrons. The molecule has 0 aliphatic carbocycles. The number of benzene rings is 1. The van der Waals surface area contributed by atoms with Crippen LogP contribution < -0.4 is 39.2 Å². The molecule has 9 heteroatoms. The summed E-state index contributed by atoms with van der Waals surface area (Å²) in [6, 6.07) is 7.26. The maximum absolute atomic E-state index is 10.6. The first-order valence-electron chi connectivity index (χ1n) is 8.07. The Bertz CT molecular complexity index is 976. The van der Waals surface area contributed by atoms with Gasteiger partial charge in [-0.3, -0.25) is 0 Å². The molecule has 1 heterocycles. The summed E-state index contributed by atoms with van der Waals surface area (Å²) in [5, 5.41) is 0. The zero-order valence-electron chi connectivity index (χ0n) is 16.0. The Morgan fingerprint density at radius 2 is 1.79 bits per heavy atom. The number of ether oxygens (including phenoxy) is 1. The minimum atomic E-state index is -4.23. The molecule has 1 aliphatic rings. The van der Waals surface area contributed by atoms with Crippen LogP contribution in [0.15, 0.2) is 59.2 Å². The van der Waals surface area contributed by atoms with E-state index in [4.69, 9.17) is 17.9 Å². The van der Waals surface area contributed by atoms with Crippen molar-refractivity contribution < 1.29 is 47.3 Å². The van der Waals surface area contributed by atoms with Gasteiger partial charge in [-0.2, -0.15) is 9.69 Å². The van der Waals surface area contributed by atoms with Crippen molar-refractivity contribution in [2.75, 3.05) is 17.3 Å². The monoisotopic (exact) mass is 407 g/mol. The standard InChI is InChI=1S/C19H19N3O4S.Na/c1-14-11-16(19(20-3)21-4)12-15(2)22(14)17-7-5-8-18(13-17)26-9-6-10-27(23,24)25;/h5,7-8,11-13H,6,9-10H2,1-2H3,(H,23,24,25);/q;+1/p-1. The predicted molar refractivity (Wildman–Crippen MR) is 101 cm³/mol. The van der Waals surface area contributed by atoms with Crippen LogP contribution in [0.25, 0.3) is 9.69 Å². The summed E-state index contributed by atoms with van der Waals surface area (Å²) in [6.45, 7) is 18.1. The molecule has 1 aliphatic heterocycles. The SMILES string of the molecule is [C-]#[N+]C([N+]#[C-])=C1C=C(C)N(c2cccc(OCCCS(=O)(=O)[O-])c2)C(C)=C1.[Na+]. The van der Waals surface area contributed by atoms with E-state index in [1.165, 1.54) is 0 Å². The van der Waals surface area contributed by atoms with Crippen LogP contribution in [0.3, 0.4) is 0 Å². The first-order chi connectivity index (χ1) is 12.7. The molecule has 0 saturated carbocycles. The maximum atomic E-state index is 10.6. The second-order valence-electron chi connectivity index (χ2n) is 5.87. The van der Waals surface area contributed by atoms with Crippen molar-refractivity contribution in [3.63, 3.8) is 0 Å². The Morgan fingerprint density at radius 1 is 1.18 bits per heavy atom. The molecule has 0 aromatic heterocycles. The minimum Gasteiger partial charge on any atom is -0.748 e. The van der Waals surface area contributed by atoms with E-state index >= 15 is 0 Å². The average Bonchev–Trinajstić information content (AvgIpc) is 2.59. The molecule has 0 radical (unpaired) electrons. The largest absolute Gasteiger partial charge is 1.00 e. The van der Waals surface area contributed by atoms with Crippen molar-refractivity contribution in [3.05, 3.63) is 82.0 Å². The molecule has 1 aromatic rings. The Labute approximate surface area is 187 Å². The first-order valence-corrected chi connectivity index (χ1v) is 9.65. The van der Waals surface area contributed by atoms with Gasteiger partial charge in [-0.15, -0.1) is 0 Å². The normalized spacial score (nSPS) is 13.5. The van der Waals surface area contributed by atoms with Crippen LogP contribution in [0.4, 0.5) is 5.69 Å². The molecule has 1 aromatic carbocycles. The molecule has 28 heavy (non-hydrogen) atoms. The van der Waals surface area contributed by atoms with E-state index in [0.29, 0.717) is 11.3 Å². The Hall–Kier alpha value is -2.07. The minimum absolute atomic E-state index is 0. The van der Waals surface area contributed by atoms with Gasteiger partial charge < -0.3 is 14.2 Å². The van der Waals surface area contributed by atoms with Crippen molar-refractivity contribution in [2.24, 2.45) is 0 Å². The van der Waals surface area contributed by atoms with E-state index in [2.05, 4.69) is 9.69 Å². The van der Waals surface area contributed by atoms with E-state index in [-0.39, 0.29) is 48.4 Å². The molecule has 7 nitrogen and oxygen atoms in total. The number of allylic oxidation sites excluding steroid dienone is 5. The van der Waals surface area contributed by atoms with Gasteiger partial charge in [-0.1, -0.05) is 6.07 Å². The quantitative estimate of drug-likeness (QED) is 0.300. The number of nitrogens with zero attached hydrogens (tertiary/aromatic N) is 3. The molecule has 0 N–H and O–H groups in total. The fraction of sp³-hybridized carbons (Fsp3) is 0.263. The van der Waals surface area contributed by atoms with E-state index in [0.717, 1.165) is 17.1 Å². The van der Waals surface area contributed by atoms with Crippen LogP contribution in [-0.2, 0) is 10.1 Å². The van der Waals surface area contributed by atoms with E-state index in [1.54, 1.807) is 24.3 Å². The fourth-order valence-corrected chi connectivity index (χ4v) is 3.20. The van der Waals surface area contributed by atoms with Crippen LogP contribution >= 0.6 is 0 Å². The molecular weight excluding hydrogens is 389 g/mol. The van der Waals surface area contributed by atoms with Crippen LogP contribution in [0.1, 0.15) is 20.3 Å². The van der Waals surface area contributed by atoms with E-state index in [9.17, 15) is 13.0 Å². The number of anilines is 1. The van der Waals surface area contributed by atoms with Crippen molar-refractivity contribution >= 4 is 15.8 Å². The van der Waals surface area contributed by atoms with Crippen molar-refractivity contribution in [3.8, 4) is 5.75 Å². The Kier molecular flexibility index (Phi) is 8.96. The zero-order chi connectivity index (χ0) is 20.0. The summed E-state index contributed by atoms with van der Waals surface area (Å²) in [6.07, 6.45) is 3.69.